The van der Waals surface area contributed by atoms with Gasteiger partial charge in [-0.3, -0.25) is 4.79 Å². The Morgan fingerprint density at radius 1 is 1.20 bits per heavy atom. The van der Waals surface area contributed by atoms with Crippen LogP contribution in [0.4, 0.5) is 4.39 Å². The number of hydrogen-bond donors (Lipinski definition) is 0. The zero-order valence-corrected chi connectivity index (χ0v) is 13.0. The fourth-order valence-electron chi connectivity index (χ4n) is 3.65. The Morgan fingerprint density at radius 2 is 1.95 bits per heavy atom. The van der Waals surface area contributed by atoms with Gasteiger partial charge in [0.2, 0.25) is 0 Å². The number of carbonyl (C=O) groups is 1. The highest BCUT2D eigenvalue weighted by atomic mass is 79.9. The molecule has 1 aliphatic heterocycles. The average molecular weight is 340 g/mol. The lowest BCUT2D eigenvalue weighted by Gasteiger charge is -2.41. The first-order chi connectivity index (χ1) is 9.66. The van der Waals surface area contributed by atoms with Gasteiger partial charge in [-0.25, -0.2) is 4.39 Å². The second-order valence-corrected chi connectivity index (χ2v) is 6.80. The number of rotatable bonds is 1. The maximum absolute atomic E-state index is 13.9. The quantitative estimate of drug-likeness (QED) is 0.749. The molecular formula is C16H19BrFNO. The highest BCUT2D eigenvalue weighted by molar-refractivity contribution is 9.10. The Labute approximate surface area is 127 Å². The summed E-state index contributed by atoms with van der Waals surface area (Å²) in [5.74, 6) is 0.790. The number of amides is 1. The van der Waals surface area contributed by atoms with Crippen LogP contribution in [0.25, 0.3) is 0 Å². The van der Waals surface area contributed by atoms with Crippen LogP contribution in [0.15, 0.2) is 22.7 Å². The Bertz CT molecular complexity index is 499. The third-order valence-corrected chi connectivity index (χ3v) is 5.42. The zero-order valence-electron chi connectivity index (χ0n) is 11.4. The van der Waals surface area contributed by atoms with Gasteiger partial charge in [0.05, 0.1) is 5.56 Å². The third kappa shape index (κ3) is 2.62. The first-order valence-corrected chi connectivity index (χ1v) is 8.19. The van der Waals surface area contributed by atoms with Crippen molar-refractivity contribution in [3.8, 4) is 0 Å². The fourth-order valence-corrected chi connectivity index (χ4v) is 4.16. The second kappa shape index (κ2) is 5.84. The van der Waals surface area contributed by atoms with Crippen molar-refractivity contribution >= 4 is 21.8 Å². The molecule has 20 heavy (non-hydrogen) atoms. The maximum Gasteiger partial charge on any atom is 0.257 e. The standard InChI is InChI=1S/C16H19BrFNO/c17-13-6-3-7-14(18)15(13)16(20)19-9-8-11-4-1-2-5-12(11)10-19/h3,6-7,11-12H,1-2,4-5,8-10H2. The third-order valence-electron chi connectivity index (χ3n) is 4.76. The van der Waals surface area contributed by atoms with Crippen molar-refractivity contribution in [3.05, 3.63) is 34.1 Å². The van der Waals surface area contributed by atoms with Gasteiger partial charge in [0, 0.05) is 17.6 Å². The van der Waals surface area contributed by atoms with Crippen molar-refractivity contribution in [2.45, 2.75) is 32.1 Å². The molecule has 0 N–H and O–H groups in total. The predicted octanol–water partition coefficient (Wildman–Crippen LogP) is 4.24. The van der Waals surface area contributed by atoms with Crippen molar-refractivity contribution in [2.75, 3.05) is 13.1 Å². The maximum atomic E-state index is 13.9. The molecule has 2 aliphatic rings. The molecule has 1 saturated carbocycles. The summed E-state index contributed by atoms with van der Waals surface area (Å²) in [7, 11) is 0. The summed E-state index contributed by atoms with van der Waals surface area (Å²) in [6.45, 7) is 1.56. The molecular weight excluding hydrogens is 321 g/mol. The Kier molecular flexibility index (Phi) is 4.11. The highest BCUT2D eigenvalue weighted by Gasteiger charge is 2.34. The molecule has 1 amide bonds. The number of piperidine rings is 1. The molecule has 0 radical (unpaired) electrons. The van der Waals surface area contributed by atoms with Gasteiger partial charge < -0.3 is 4.90 Å². The summed E-state index contributed by atoms with van der Waals surface area (Å²) in [6.07, 6.45) is 6.19. The number of likely N-dealkylation sites (tertiary alicyclic amines) is 1. The van der Waals surface area contributed by atoms with E-state index >= 15 is 0 Å². The Balaban J connectivity index is 1.78. The molecule has 1 heterocycles. The van der Waals surface area contributed by atoms with Crippen LogP contribution >= 0.6 is 15.9 Å². The lowest BCUT2D eigenvalue weighted by atomic mass is 9.75. The van der Waals surface area contributed by atoms with E-state index in [1.807, 2.05) is 4.90 Å². The van der Waals surface area contributed by atoms with Gasteiger partial charge in [-0.15, -0.1) is 0 Å². The van der Waals surface area contributed by atoms with Crippen LogP contribution < -0.4 is 0 Å². The van der Waals surface area contributed by atoms with Crippen molar-refractivity contribution in [1.82, 2.24) is 4.90 Å². The van der Waals surface area contributed by atoms with Gasteiger partial charge in [0.15, 0.2) is 0 Å². The summed E-state index contributed by atoms with van der Waals surface area (Å²) in [5.41, 5.74) is 0.182. The predicted molar refractivity (Wildman–Crippen MR) is 80.1 cm³/mol. The minimum absolute atomic E-state index is 0.168. The van der Waals surface area contributed by atoms with Crippen LogP contribution in [-0.2, 0) is 0 Å². The van der Waals surface area contributed by atoms with E-state index in [2.05, 4.69) is 15.9 Å². The highest BCUT2D eigenvalue weighted by Crippen LogP contribution is 2.36. The number of nitrogens with zero attached hydrogens (tertiary/aromatic N) is 1. The van der Waals surface area contributed by atoms with E-state index < -0.39 is 5.82 Å². The summed E-state index contributed by atoms with van der Waals surface area (Å²) in [6, 6.07) is 4.69. The zero-order chi connectivity index (χ0) is 14.1. The molecule has 108 valence electrons. The van der Waals surface area contributed by atoms with Crippen LogP contribution in [0.5, 0.6) is 0 Å². The summed E-state index contributed by atoms with van der Waals surface area (Å²) < 4.78 is 14.5. The van der Waals surface area contributed by atoms with Gasteiger partial charge in [-0.1, -0.05) is 25.3 Å². The monoisotopic (exact) mass is 339 g/mol. The van der Waals surface area contributed by atoms with Gasteiger partial charge in [-0.05, 0) is 52.7 Å². The average Bonchev–Trinajstić information content (AvgIpc) is 2.46. The molecule has 2 fully saturated rings. The largest absolute Gasteiger partial charge is 0.338 e. The van der Waals surface area contributed by atoms with Crippen molar-refractivity contribution in [1.29, 1.82) is 0 Å². The first-order valence-electron chi connectivity index (χ1n) is 7.40. The summed E-state index contributed by atoms with van der Waals surface area (Å²) >= 11 is 3.30. The number of carbonyl (C=O) groups excluding carboxylic acids is 1. The van der Waals surface area contributed by atoms with E-state index in [-0.39, 0.29) is 11.5 Å². The van der Waals surface area contributed by atoms with E-state index in [1.165, 1.54) is 31.7 Å². The van der Waals surface area contributed by atoms with Gasteiger partial charge >= 0.3 is 0 Å². The van der Waals surface area contributed by atoms with Crippen LogP contribution in [0, 0.1) is 17.7 Å². The van der Waals surface area contributed by atoms with E-state index in [0.29, 0.717) is 10.4 Å². The van der Waals surface area contributed by atoms with Crippen molar-refractivity contribution in [2.24, 2.45) is 11.8 Å². The lowest BCUT2D eigenvalue weighted by molar-refractivity contribution is 0.0516. The van der Waals surface area contributed by atoms with E-state index in [9.17, 15) is 9.18 Å². The lowest BCUT2D eigenvalue weighted by Crippen LogP contribution is -2.45. The van der Waals surface area contributed by atoms with Gasteiger partial charge in [-0.2, -0.15) is 0 Å². The van der Waals surface area contributed by atoms with Crippen molar-refractivity contribution < 1.29 is 9.18 Å². The van der Waals surface area contributed by atoms with Crippen molar-refractivity contribution in [3.63, 3.8) is 0 Å². The minimum Gasteiger partial charge on any atom is -0.338 e. The number of hydrogen-bond acceptors (Lipinski definition) is 1. The number of fused-ring (bicyclic) bond motifs is 1. The molecule has 1 aromatic carbocycles. The molecule has 2 unspecified atom stereocenters. The molecule has 1 saturated heterocycles. The first kappa shape index (κ1) is 14.1. The molecule has 1 aromatic rings. The van der Waals surface area contributed by atoms with Gasteiger partial charge in [0.25, 0.3) is 5.91 Å². The fraction of sp³-hybridized carbons (Fsp3) is 0.562. The SMILES string of the molecule is O=C(c1c(F)cccc1Br)N1CCC2CCCCC2C1. The Hall–Kier alpha value is -0.900. The van der Waals surface area contributed by atoms with Gasteiger partial charge in [0.1, 0.15) is 5.82 Å². The molecule has 1 aliphatic carbocycles. The molecule has 2 nitrogen and oxygen atoms in total. The minimum atomic E-state index is -0.435. The Morgan fingerprint density at radius 3 is 2.70 bits per heavy atom. The topological polar surface area (TPSA) is 20.3 Å². The molecule has 0 bridgehead atoms. The normalized spacial score (nSPS) is 26.2. The summed E-state index contributed by atoms with van der Waals surface area (Å²) in [4.78, 5) is 14.4. The van der Waals surface area contributed by atoms with Crippen LogP contribution in [0.1, 0.15) is 42.5 Å². The smallest absolute Gasteiger partial charge is 0.257 e. The molecule has 3 rings (SSSR count). The number of benzene rings is 1. The molecule has 0 spiro atoms. The van der Waals surface area contributed by atoms with E-state index in [0.717, 1.165) is 25.4 Å². The second-order valence-electron chi connectivity index (χ2n) is 5.94. The molecule has 4 heteroatoms. The number of halogens is 2. The molecule has 2 atom stereocenters. The van der Waals surface area contributed by atoms with E-state index in [1.54, 1.807) is 12.1 Å². The molecule has 0 aromatic heterocycles. The van der Waals surface area contributed by atoms with Crippen LogP contribution in [0.3, 0.4) is 0 Å². The van der Waals surface area contributed by atoms with Crippen LogP contribution in [-0.4, -0.2) is 23.9 Å². The van der Waals surface area contributed by atoms with E-state index in [4.69, 9.17) is 0 Å². The summed E-state index contributed by atoms with van der Waals surface area (Å²) in [5, 5.41) is 0. The van der Waals surface area contributed by atoms with Crippen LogP contribution in [0.2, 0.25) is 0 Å².